The SMILES string of the molecule is CCNC(=O)Nc1cc(Cl)c(F)c(Cl)c1. The lowest BCUT2D eigenvalue weighted by atomic mass is 10.3. The first kappa shape index (κ1) is 12.1. The summed E-state index contributed by atoms with van der Waals surface area (Å²) in [5, 5.41) is 4.72. The lowest BCUT2D eigenvalue weighted by molar-refractivity contribution is 0.252. The zero-order chi connectivity index (χ0) is 11.4. The second-order valence-electron chi connectivity index (χ2n) is 2.74. The Morgan fingerprint density at radius 1 is 1.40 bits per heavy atom. The van der Waals surface area contributed by atoms with Gasteiger partial charge in [0.15, 0.2) is 5.82 Å². The van der Waals surface area contributed by atoms with Crippen molar-refractivity contribution in [1.29, 1.82) is 0 Å². The smallest absolute Gasteiger partial charge is 0.319 e. The number of hydrogen-bond donors (Lipinski definition) is 2. The van der Waals surface area contributed by atoms with E-state index in [1.807, 2.05) is 0 Å². The molecule has 0 saturated carbocycles. The lowest BCUT2D eigenvalue weighted by Gasteiger charge is -2.07. The minimum Gasteiger partial charge on any atom is -0.338 e. The van der Waals surface area contributed by atoms with E-state index >= 15 is 0 Å². The number of amides is 2. The third kappa shape index (κ3) is 3.25. The molecule has 0 heterocycles. The van der Waals surface area contributed by atoms with Gasteiger partial charge in [0.25, 0.3) is 0 Å². The highest BCUT2D eigenvalue weighted by Gasteiger charge is 2.08. The molecule has 1 aromatic rings. The molecule has 0 saturated heterocycles. The van der Waals surface area contributed by atoms with Crippen molar-refractivity contribution in [3.8, 4) is 0 Å². The minimum atomic E-state index is -0.695. The molecule has 2 N–H and O–H groups in total. The summed E-state index contributed by atoms with van der Waals surface area (Å²) in [7, 11) is 0. The topological polar surface area (TPSA) is 41.1 Å². The highest BCUT2D eigenvalue weighted by molar-refractivity contribution is 6.35. The Hall–Kier alpha value is -1.00. The minimum absolute atomic E-state index is 0.130. The van der Waals surface area contributed by atoms with Crippen LogP contribution in [0.5, 0.6) is 0 Å². The summed E-state index contributed by atoms with van der Waals surface area (Å²) in [6.45, 7) is 2.28. The molecule has 2 amide bonds. The average molecular weight is 251 g/mol. The first-order chi connectivity index (χ1) is 7.04. The van der Waals surface area contributed by atoms with Crippen LogP contribution in [-0.4, -0.2) is 12.6 Å². The maximum Gasteiger partial charge on any atom is 0.319 e. The molecule has 0 aliphatic carbocycles. The van der Waals surface area contributed by atoms with Crippen LogP contribution >= 0.6 is 23.2 Å². The van der Waals surface area contributed by atoms with Crippen LogP contribution in [0.1, 0.15) is 6.92 Å². The molecule has 0 fully saturated rings. The van der Waals surface area contributed by atoms with E-state index in [1.54, 1.807) is 6.92 Å². The van der Waals surface area contributed by atoms with Gasteiger partial charge in [-0.1, -0.05) is 23.2 Å². The Balaban J connectivity index is 2.83. The first-order valence-electron chi connectivity index (χ1n) is 4.24. The van der Waals surface area contributed by atoms with E-state index < -0.39 is 11.8 Å². The number of hydrogen-bond acceptors (Lipinski definition) is 1. The third-order valence-electron chi connectivity index (χ3n) is 1.58. The van der Waals surface area contributed by atoms with Crippen molar-refractivity contribution in [2.45, 2.75) is 6.92 Å². The van der Waals surface area contributed by atoms with Gasteiger partial charge in [-0.25, -0.2) is 9.18 Å². The lowest BCUT2D eigenvalue weighted by Crippen LogP contribution is -2.28. The quantitative estimate of drug-likeness (QED) is 0.778. The average Bonchev–Trinajstić information content (AvgIpc) is 2.14. The second-order valence-corrected chi connectivity index (χ2v) is 3.55. The van der Waals surface area contributed by atoms with Gasteiger partial charge in [-0.3, -0.25) is 0 Å². The molecule has 82 valence electrons. The molecule has 0 spiro atoms. The van der Waals surface area contributed by atoms with E-state index in [1.165, 1.54) is 12.1 Å². The maximum atomic E-state index is 13.0. The summed E-state index contributed by atoms with van der Waals surface area (Å²) in [6, 6.07) is 2.19. The Morgan fingerprint density at radius 3 is 2.40 bits per heavy atom. The summed E-state index contributed by atoms with van der Waals surface area (Å²) in [6.07, 6.45) is 0. The van der Waals surface area contributed by atoms with E-state index in [-0.39, 0.29) is 10.0 Å². The van der Waals surface area contributed by atoms with E-state index in [4.69, 9.17) is 23.2 Å². The van der Waals surface area contributed by atoms with Crippen LogP contribution in [0.2, 0.25) is 10.0 Å². The number of anilines is 1. The summed E-state index contributed by atoms with van der Waals surface area (Å²) in [5.41, 5.74) is 0.345. The Kier molecular flexibility index (Phi) is 4.17. The molecule has 0 aromatic heterocycles. The van der Waals surface area contributed by atoms with Crippen molar-refractivity contribution in [3.05, 3.63) is 28.0 Å². The second kappa shape index (κ2) is 5.19. The molecule has 0 unspecified atom stereocenters. The van der Waals surface area contributed by atoms with Gasteiger partial charge in [0.2, 0.25) is 0 Å². The van der Waals surface area contributed by atoms with Gasteiger partial charge in [-0.15, -0.1) is 0 Å². The number of carbonyl (C=O) groups is 1. The van der Waals surface area contributed by atoms with Gasteiger partial charge >= 0.3 is 6.03 Å². The number of benzene rings is 1. The van der Waals surface area contributed by atoms with E-state index in [9.17, 15) is 9.18 Å². The van der Waals surface area contributed by atoms with Crippen LogP contribution in [0.4, 0.5) is 14.9 Å². The third-order valence-corrected chi connectivity index (χ3v) is 2.13. The Bertz CT molecular complexity index is 361. The molecule has 3 nitrogen and oxygen atoms in total. The highest BCUT2D eigenvalue weighted by atomic mass is 35.5. The van der Waals surface area contributed by atoms with Crippen LogP contribution in [0, 0.1) is 5.82 Å². The normalized spacial score (nSPS) is 9.87. The predicted octanol–water partition coefficient (Wildman–Crippen LogP) is 3.27. The van der Waals surface area contributed by atoms with Crippen molar-refractivity contribution in [2.75, 3.05) is 11.9 Å². The van der Waals surface area contributed by atoms with Crippen LogP contribution in [0.3, 0.4) is 0 Å². The van der Waals surface area contributed by atoms with Crippen LogP contribution in [-0.2, 0) is 0 Å². The first-order valence-corrected chi connectivity index (χ1v) is 4.99. The fourth-order valence-electron chi connectivity index (χ4n) is 0.964. The van der Waals surface area contributed by atoms with Crippen LogP contribution in [0.25, 0.3) is 0 Å². The molecule has 0 aliphatic rings. The number of nitrogens with one attached hydrogen (secondary N) is 2. The maximum absolute atomic E-state index is 13.0. The van der Waals surface area contributed by atoms with Gasteiger partial charge < -0.3 is 10.6 Å². The number of rotatable bonds is 2. The molecule has 6 heteroatoms. The van der Waals surface area contributed by atoms with Crippen LogP contribution < -0.4 is 10.6 Å². The van der Waals surface area contributed by atoms with Crippen molar-refractivity contribution in [1.82, 2.24) is 5.32 Å². The largest absolute Gasteiger partial charge is 0.338 e. The fraction of sp³-hybridized carbons (Fsp3) is 0.222. The number of carbonyl (C=O) groups excluding carboxylic acids is 1. The molecular formula is C9H9Cl2FN2O. The van der Waals surface area contributed by atoms with Gasteiger partial charge in [0.1, 0.15) is 0 Å². The molecule has 15 heavy (non-hydrogen) atoms. The standard InChI is InChI=1S/C9H9Cl2FN2O/c1-2-13-9(15)14-5-3-6(10)8(12)7(11)4-5/h3-4H,2H2,1H3,(H2,13,14,15). The predicted molar refractivity (Wildman–Crippen MR) is 59.1 cm³/mol. The van der Waals surface area contributed by atoms with E-state index in [0.717, 1.165) is 0 Å². The zero-order valence-electron chi connectivity index (χ0n) is 7.90. The Labute approximate surface area is 96.6 Å². The van der Waals surface area contributed by atoms with Gasteiger partial charge in [0, 0.05) is 12.2 Å². The summed E-state index contributed by atoms with van der Waals surface area (Å²) in [5.74, 6) is -0.695. The number of halogens is 3. The van der Waals surface area contributed by atoms with Crippen molar-refractivity contribution in [2.24, 2.45) is 0 Å². The highest BCUT2D eigenvalue weighted by Crippen LogP contribution is 2.27. The van der Waals surface area contributed by atoms with Crippen molar-refractivity contribution < 1.29 is 9.18 Å². The monoisotopic (exact) mass is 250 g/mol. The van der Waals surface area contributed by atoms with E-state index in [0.29, 0.717) is 12.2 Å². The van der Waals surface area contributed by atoms with Gasteiger partial charge in [0.05, 0.1) is 10.0 Å². The molecule has 1 aromatic carbocycles. The zero-order valence-corrected chi connectivity index (χ0v) is 9.42. The summed E-state index contributed by atoms with van der Waals surface area (Å²) >= 11 is 11.1. The van der Waals surface area contributed by atoms with Crippen molar-refractivity contribution >= 4 is 34.9 Å². The van der Waals surface area contributed by atoms with Gasteiger partial charge in [-0.2, -0.15) is 0 Å². The van der Waals surface area contributed by atoms with Crippen LogP contribution in [0.15, 0.2) is 12.1 Å². The molecule has 0 bridgehead atoms. The van der Waals surface area contributed by atoms with E-state index in [2.05, 4.69) is 10.6 Å². The fourth-order valence-corrected chi connectivity index (χ4v) is 1.45. The van der Waals surface area contributed by atoms with Crippen molar-refractivity contribution in [3.63, 3.8) is 0 Å². The van der Waals surface area contributed by atoms with Gasteiger partial charge in [-0.05, 0) is 19.1 Å². The molecule has 1 rings (SSSR count). The summed E-state index contributed by atoms with van der Waals surface area (Å²) < 4.78 is 13.0. The Morgan fingerprint density at radius 2 is 1.93 bits per heavy atom. The number of urea groups is 1. The molecule has 0 aliphatic heterocycles. The molecule has 0 radical (unpaired) electrons. The summed E-state index contributed by atoms with van der Waals surface area (Å²) in [4.78, 5) is 11.1. The molecular weight excluding hydrogens is 242 g/mol. The molecule has 0 atom stereocenters.